The highest BCUT2D eigenvalue weighted by molar-refractivity contribution is 7.17. The fraction of sp³-hybridized carbons (Fsp3) is 0.444. The van der Waals surface area contributed by atoms with Crippen molar-refractivity contribution in [1.29, 1.82) is 0 Å². The monoisotopic (exact) mass is 197 g/mol. The zero-order valence-electron chi connectivity index (χ0n) is 7.23. The molecule has 0 aromatic carbocycles. The van der Waals surface area contributed by atoms with Crippen LogP contribution in [0, 0.1) is 0 Å². The van der Waals surface area contributed by atoms with Gasteiger partial charge in [-0.2, -0.15) is 0 Å². The minimum absolute atomic E-state index is 0.786. The van der Waals surface area contributed by atoms with Crippen LogP contribution in [0.2, 0.25) is 0 Å². The first kappa shape index (κ1) is 8.72. The van der Waals surface area contributed by atoms with Crippen molar-refractivity contribution in [2.24, 2.45) is 0 Å². The third-order valence-corrected chi connectivity index (χ3v) is 3.12. The fourth-order valence-electron chi connectivity index (χ4n) is 1.36. The molecule has 0 unspecified atom stereocenters. The second-order valence-electron chi connectivity index (χ2n) is 2.89. The minimum Gasteiger partial charge on any atom is -0.378 e. The number of hydrogen-bond acceptors (Lipinski definition) is 4. The van der Waals surface area contributed by atoms with Crippen LogP contribution in [0.3, 0.4) is 0 Å². The highest BCUT2D eigenvalue weighted by Gasteiger charge is 2.12. The van der Waals surface area contributed by atoms with Gasteiger partial charge in [-0.1, -0.05) is 0 Å². The molecule has 1 aromatic heterocycles. The topological polar surface area (TPSA) is 29.5 Å². The minimum atomic E-state index is 0.786. The first-order valence-electron chi connectivity index (χ1n) is 4.28. The van der Waals surface area contributed by atoms with Crippen molar-refractivity contribution < 1.29 is 9.53 Å². The summed E-state index contributed by atoms with van der Waals surface area (Å²) < 4.78 is 5.25. The van der Waals surface area contributed by atoms with E-state index in [-0.39, 0.29) is 0 Å². The van der Waals surface area contributed by atoms with Gasteiger partial charge in [0.25, 0.3) is 0 Å². The third-order valence-electron chi connectivity index (χ3n) is 2.05. The molecule has 0 radical (unpaired) electrons. The van der Waals surface area contributed by atoms with Gasteiger partial charge in [0.15, 0.2) is 6.29 Å². The van der Waals surface area contributed by atoms with E-state index in [1.54, 1.807) is 11.3 Å². The molecule has 70 valence electrons. The smallest absolute Gasteiger partial charge is 0.160 e. The number of thiophene rings is 1. The second kappa shape index (κ2) is 3.89. The zero-order valence-corrected chi connectivity index (χ0v) is 8.05. The number of anilines is 1. The summed E-state index contributed by atoms with van der Waals surface area (Å²) in [4.78, 5) is 13.5. The molecule has 0 aliphatic carbocycles. The van der Waals surface area contributed by atoms with Gasteiger partial charge in [-0.25, -0.2) is 0 Å². The summed E-state index contributed by atoms with van der Waals surface area (Å²) in [5.41, 5.74) is 0. The van der Waals surface area contributed by atoms with Gasteiger partial charge in [0.2, 0.25) is 0 Å². The number of carbonyl (C=O) groups is 1. The maximum Gasteiger partial charge on any atom is 0.160 e. The maximum absolute atomic E-state index is 10.5. The highest BCUT2D eigenvalue weighted by Crippen LogP contribution is 2.25. The molecule has 1 fully saturated rings. The van der Waals surface area contributed by atoms with Crippen LogP contribution in [0.25, 0.3) is 0 Å². The van der Waals surface area contributed by atoms with E-state index in [9.17, 15) is 4.79 Å². The lowest BCUT2D eigenvalue weighted by atomic mass is 10.4. The molecule has 0 N–H and O–H groups in total. The molecule has 0 bridgehead atoms. The molecule has 4 heteroatoms. The van der Waals surface area contributed by atoms with Gasteiger partial charge in [-0.05, 0) is 12.1 Å². The zero-order chi connectivity index (χ0) is 9.10. The van der Waals surface area contributed by atoms with Crippen LogP contribution >= 0.6 is 11.3 Å². The van der Waals surface area contributed by atoms with Crippen LogP contribution in [-0.2, 0) is 4.74 Å². The van der Waals surface area contributed by atoms with E-state index in [4.69, 9.17) is 4.74 Å². The van der Waals surface area contributed by atoms with Crippen molar-refractivity contribution in [1.82, 2.24) is 0 Å². The number of rotatable bonds is 2. The first-order chi connectivity index (χ1) is 6.40. The SMILES string of the molecule is O=Cc1ccc(N2CCOCC2)s1. The predicted molar refractivity (Wildman–Crippen MR) is 52.7 cm³/mol. The van der Waals surface area contributed by atoms with E-state index in [1.165, 1.54) is 5.00 Å². The maximum atomic E-state index is 10.5. The molecule has 0 amide bonds. The Kier molecular flexibility index (Phi) is 2.61. The molecule has 0 saturated carbocycles. The molecular formula is C9H11NO2S. The molecule has 1 aliphatic rings. The fourth-order valence-corrected chi connectivity index (χ4v) is 2.23. The van der Waals surface area contributed by atoms with Gasteiger partial charge >= 0.3 is 0 Å². The van der Waals surface area contributed by atoms with Crippen molar-refractivity contribution >= 4 is 22.6 Å². The average Bonchev–Trinajstić information content (AvgIpc) is 2.67. The Morgan fingerprint density at radius 2 is 2.15 bits per heavy atom. The van der Waals surface area contributed by atoms with Crippen molar-refractivity contribution in [3.8, 4) is 0 Å². The Labute approximate surface area is 80.9 Å². The lowest BCUT2D eigenvalue weighted by Crippen LogP contribution is -2.35. The summed E-state index contributed by atoms with van der Waals surface area (Å²) in [6, 6.07) is 3.86. The largest absolute Gasteiger partial charge is 0.378 e. The van der Waals surface area contributed by atoms with E-state index in [1.807, 2.05) is 12.1 Å². The van der Waals surface area contributed by atoms with E-state index in [2.05, 4.69) is 4.90 Å². The standard InChI is InChI=1S/C9H11NO2S/c11-7-8-1-2-9(13-8)10-3-5-12-6-4-10/h1-2,7H,3-6H2. The molecule has 1 saturated heterocycles. The number of morpholine rings is 1. The lowest BCUT2D eigenvalue weighted by molar-refractivity contribution is 0.112. The van der Waals surface area contributed by atoms with E-state index < -0.39 is 0 Å². The quantitative estimate of drug-likeness (QED) is 0.671. The third kappa shape index (κ3) is 1.89. The predicted octanol–water partition coefficient (Wildman–Crippen LogP) is 1.40. The molecule has 13 heavy (non-hydrogen) atoms. The van der Waals surface area contributed by atoms with Crippen molar-refractivity contribution in [2.45, 2.75) is 0 Å². The van der Waals surface area contributed by atoms with Gasteiger partial charge < -0.3 is 9.64 Å². The average molecular weight is 197 g/mol. The van der Waals surface area contributed by atoms with E-state index in [0.29, 0.717) is 0 Å². The Morgan fingerprint density at radius 3 is 2.77 bits per heavy atom. The van der Waals surface area contributed by atoms with Crippen molar-refractivity contribution in [3.05, 3.63) is 17.0 Å². The van der Waals surface area contributed by atoms with Gasteiger partial charge in [0, 0.05) is 13.1 Å². The Bertz CT molecular complexity index is 292. The number of aldehydes is 1. The second-order valence-corrected chi connectivity index (χ2v) is 3.99. The van der Waals surface area contributed by atoms with Crippen molar-refractivity contribution in [2.75, 3.05) is 31.2 Å². The molecule has 0 spiro atoms. The van der Waals surface area contributed by atoms with Gasteiger partial charge in [0.05, 0.1) is 23.1 Å². The number of carbonyl (C=O) groups excluding carboxylic acids is 1. The summed E-state index contributed by atoms with van der Waals surface area (Å²) in [6.45, 7) is 3.43. The van der Waals surface area contributed by atoms with Crippen molar-refractivity contribution in [3.63, 3.8) is 0 Å². The first-order valence-corrected chi connectivity index (χ1v) is 5.09. The molecule has 0 atom stereocenters. The number of ether oxygens (including phenoxy) is 1. The van der Waals surface area contributed by atoms with E-state index >= 15 is 0 Å². The Balaban J connectivity index is 2.09. The summed E-state index contributed by atoms with van der Waals surface area (Å²) >= 11 is 1.54. The molecule has 2 heterocycles. The van der Waals surface area contributed by atoms with Gasteiger partial charge in [0.1, 0.15) is 0 Å². The van der Waals surface area contributed by atoms with Crippen LogP contribution < -0.4 is 4.90 Å². The normalized spacial score (nSPS) is 17.4. The molecule has 2 rings (SSSR count). The number of hydrogen-bond donors (Lipinski definition) is 0. The molecule has 1 aromatic rings. The molecule has 1 aliphatic heterocycles. The molecular weight excluding hydrogens is 186 g/mol. The summed E-state index contributed by atoms with van der Waals surface area (Å²) in [7, 11) is 0. The molecule has 3 nitrogen and oxygen atoms in total. The van der Waals surface area contributed by atoms with Crippen LogP contribution in [0.5, 0.6) is 0 Å². The van der Waals surface area contributed by atoms with Crippen LogP contribution in [-0.4, -0.2) is 32.6 Å². The van der Waals surface area contributed by atoms with Gasteiger partial charge in [-0.15, -0.1) is 11.3 Å². The summed E-state index contributed by atoms with van der Waals surface area (Å²) in [5, 5.41) is 1.17. The lowest BCUT2D eigenvalue weighted by Gasteiger charge is -2.27. The Morgan fingerprint density at radius 1 is 1.38 bits per heavy atom. The highest BCUT2D eigenvalue weighted by atomic mass is 32.1. The number of nitrogens with zero attached hydrogens (tertiary/aromatic N) is 1. The Hall–Kier alpha value is -0.870. The van der Waals surface area contributed by atoms with Gasteiger partial charge in [-0.3, -0.25) is 4.79 Å². The van der Waals surface area contributed by atoms with Crippen LogP contribution in [0.4, 0.5) is 5.00 Å². The summed E-state index contributed by atoms with van der Waals surface area (Å²) in [5.74, 6) is 0. The van der Waals surface area contributed by atoms with E-state index in [0.717, 1.165) is 37.5 Å². The van der Waals surface area contributed by atoms with Crippen LogP contribution in [0.15, 0.2) is 12.1 Å². The summed E-state index contributed by atoms with van der Waals surface area (Å²) in [6.07, 6.45) is 0.897. The van der Waals surface area contributed by atoms with Crippen LogP contribution in [0.1, 0.15) is 9.67 Å².